The van der Waals surface area contributed by atoms with Crippen LogP contribution in [0.3, 0.4) is 0 Å². The number of halogens is 1. The normalized spacial score (nSPS) is 14.6. The number of amides is 2. The Labute approximate surface area is 188 Å². The third kappa shape index (κ3) is 7.25. The van der Waals surface area contributed by atoms with Crippen LogP contribution in [0.5, 0.6) is 0 Å². The van der Waals surface area contributed by atoms with Gasteiger partial charge in [0.05, 0.1) is 12.2 Å². The first-order valence-electron chi connectivity index (χ1n) is 10.2. The molecule has 2 aromatic rings. The quantitative estimate of drug-likeness (QED) is 0.315. The Morgan fingerprint density at radius 1 is 1.13 bits per heavy atom. The van der Waals surface area contributed by atoms with Crippen molar-refractivity contribution in [3.63, 3.8) is 0 Å². The zero-order valence-corrected chi connectivity index (χ0v) is 18.1. The smallest absolute Gasteiger partial charge is 0.249 e. The lowest BCUT2D eigenvalue weighted by Gasteiger charge is -2.23. The Morgan fingerprint density at radius 2 is 1.90 bits per heavy atom. The van der Waals surface area contributed by atoms with E-state index in [1.807, 2.05) is 0 Å². The average Bonchev–Trinajstić information content (AvgIpc) is 2.77. The van der Waals surface area contributed by atoms with E-state index in [2.05, 4.69) is 20.9 Å². The number of hydrogen-bond acceptors (Lipinski definition) is 5. The molecule has 1 aliphatic rings. The van der Waals surface area contributed by atoms with Gasteiger partial charge in [0, 0.05) is 23.5 Å². The molecule has 166 valence electrons. The van der Waals surface area contributed by atoms with E-state index in [9.17, 15) is 9.59 Å². The van der Waals surface area contributed by atoms with Crippen LogP contribution in [0.4, 0.5) is 5.69 Å². The molecule has 1 fully saturated rings. The summed E-state index contributed by atoms with van der Waals surface area (Å²) in [5, 5.41) is 16.4. The van der Waals surface area contributed by atoms with Crippen LogP contribution in [-0.2, 0) is 9.59 Å². The number of nitrogens with one attached hydrogen (secondary N) is 4. The Bertz CT molecular complexity index is 887. The van der Waals surface area contributed by atoms with E-state index < -0.39 is 6.04 Å². The molecule has 2 amide bonds. The highest BCUT2D eigenvalue weighted by molar-refractivity contribution is 5.96. The van der Waals surface area contributed by atoms with Gasteiger partial charge in [0.2, 0.25) is 11.8 Å². The summed E-state index contributed by atoms with van der Waals surface area (Å²) in [6.07, 6.45) is 7.06. The number of benzene rings is 1. The first-order chi connectivity index (χ1) is 14.5. The molecule has 31 heavy (non-hydrogen) atoms. The average molecular weight is 445 g/mol. The van der Waals surface area contributed by atoms with Gasteiger partial charge in [0.1, 0.15) is 11.9 Å². The molecule has 9 heteroatoms. The van der Waals surface area contributed by atoms with Crippen molar-refractivity contribution in [1.82, 2.24) is 15.6 Å². The van der Waals surface area contributed by atoms with Gasteiger partial charge in [-0.3, -0.25) is 20.0 Å². The molecule has 8 nitrogen and oxygen atoms in total. The molecule has 0 radical (unpaired) electrons. The molecule has 6 N–H and O–H groups in total. The molecule has 1 saturated carbocycles. The first-order valence-corrected chi connectivity index (χ1v) is 10.2. The third-order valence-corrected chi connectivity index (χ3v) is 5.12. The number of nitrogens with two attached hydrogens (primary N) is 1. The maximum Gasteiger partial charge on any atom is 0.249 e. The number of aromatic nitrogens is 1. The van der Waals surface area contributed by atoms with Crippen LogP contribution in [0.25, 0.3) is 0 Å². The summed E-state index contributed by atoms with van der Waals surface area (Å²) in [5.74, 6) is -0.605. The van der Waals surface area contributed by atoms with Crippen LogP contribution < -0.4 is 21.7 Å². The highest BCUT2D eigenvalue weighted by Crippen LogP contribution is 2.20. The minimum absolute atomic E-state index is 0. The number of carbonyl (C=O) groups excluding carboxylic acids is 2. The number of amidine groups is 1. The summed E-state index contributed by atoms with van der Waals surface area (Å²) < 4.78 is 0. The molecule has 0 aliphatic heterocycles. The number of rotatable bonds is 8. The fraction of sp³-hybridized carbons (Fsp3) is 0.364. The van der Waals surface area contributed by atoms with E-state index >= 15 is 0 Å². The zero-order chi connectivity index (χ0) is 21.3. The molecule has 0 spiro atoms. The van der Waals surface area contributed by atoms with E-state index in [1.165, 1.54) is 6.42 Å². The molecule has 0 bridgehead atoms. The summed E-state index contributed by atoms with van der Waals surface area (Å²) in [7, 11) is 0. The summed E-state index contributed by atoms with van der Waals surface area (Å²) in [5.41, 5.74) is 7.26. The molecular weight excluding hydrogens is 416 g/mol. The number of nitrogen functional groups attached to an aromatic ring is 1. The predicted octanol–water partition coefficient (Wildman–Crippen LogP) is 2.51. The zero-order valence-electron chi connectivity index (χ0n) is 17.3. The topological polar surface area (TPSA) is 133 Å². The number of hydrogen-bond donors (Lipinski definition) is 5. The third-order valence-electron chi connectivity index (χ3n) is 5.12. The van der Waals surface area contributed by atoms with Crippen LogP contribution in [0.15, 0.2) is 48.7 Å². The van der Waals surface area contributed by atoms with Gasteiger partial charge in [-0.1, -0.05) is 37.5 Å². The van der Waals surface area contributed by atoms with Gasteiger partial charge in [-0.2, -0.15) is 0 Å². The lowest BCUT2D eigenvalue weighted by atomic mass is 9.95. The highest BCUT2D eigenvalue weighted by Gasteiger charge is 2.23. The van der Waals surface area contributed by atoms with Crippen molar-refractivity contribution in [3.05, 3.63) is 59.9 Å². The van der Waals surface area contributed by atoms with Crippen LogP contribution >= 0.6 is 12.4 Å². The van der Waals surface area contributed by atoms with Crippen molar-refractivity contribution in [2.45, 2.75) is 44.2 Å². The number of carbonyl (C=O) groups is 2. The highest BCUT2D eigenvalue weighted by atomic mass is 35.5. The molecule has 1 atom stereocenters. The molecule has 1 aromatic carbocycles. The van der Waals surface area contributed by atoms with Gasteiger partial charge >= 0.3 is 0 Å². The van der Waals surface area contributed by atoms with Crippen LogP contribution in [0, 0.1) is 5.41 Å². The molecule has 0 saturated heterocycles. The fourth-order valence-electron chi connectivity index (χ4n) is 3.56. The maximum atomic E-state index is 12.9. The van der Waals surface area contributed by atoms with Gasteiger partial charge in [-0.15, -0.1) is 12.4 Å². The Balaban J connectivity index is 0.00000341. The summed E-state index contributed by atoms with van der Waals surface area (Å²) >= 11 is 0. The summed E-state index contributed by atoms with van der Waals surface area (Å²) in [6.45, 7) is -0.0895. The van der Waals surface area contributed by atoms with E-state index in [0.717, 1.165) is 25.7 Å². The Hall–Kier alpha value is -3.13. The van der Waals surface area contributed by atoms with Crippen molar-refractivity contribution < 1.29 is 9.59 Å². The standard InChI is InChI=1S/C22H28N6O2.ClH/c23-21(24)15-7-6-10-17(13-15)28-20(18-11-4-5-12-25-18)22(30)26-14-19(29)27-16-8-2-1-3-9-16;/h4-7,10-13,16,20,28H,1-3,8-9,14H2,(H3,23,24)(H,26,30)(H,27,29);1H. The Morgan fingerprint density at radius 3 is 2.58 bits per heavy atom. The molecule has 1 aromatic heterocycles. The van der Waals surface area contributed by atoms with Crippen molar-refractivity contribution in [1.29, 1.82) is 5.41 Å². The minimum atomic E-state index is -0.795. The number of pyridine rings is 1. The van der Waals surface area contributed by atoms with E-state index in [1.54, 1.807) is 48.7 Å². The fourth-order valence-corrected chi connectivity index (χ4v) is 3.56. The van der Waals surface area contributed by atoms with E-state index in [0.29, 0.717) is 16.9 Å². The first kappa shape index (κ1) is 24.1. The second-order valence-corrected chi connectivity index (χ2v) is 7.45. The van der Waals surface area contributed by atoms with Crippen molar-refractivity contribution in [2.24, 2.45) is 5.73 Å². The summed E-state index contributed by atoms with van der Waals surface area (Å²) in [4.78, 5) is 29.4. The lowest BCUT2D eigenvalue weighted by Crippen LogP contribution is -2.44. The second-order valence-electron chi connectivity index (χ2n) is 7.45. The van der Waals surface area contributed by atoms with Crippen LogP contribution in [0.1, 0.15) is 49.4 Å². The lowest BCUT2D eigenvalue weighted by molar-refractivity contribution is -0.127. The number of nitrogens with zero attached hydrogens (tertiary/aromatic N) is 1. The minimum Gasteiger partial charge on any atom is -0.384 e. The molecule has 1 heterocycles. The van der Waals surface area contributed by atoms with Gasteiger partial charge in [0.15, 0.2) is 0 Å². The van der Waals surface area contributed by atoms with Gasteiger partial charge < -0.3 is 21.7 Å². The molecule has 1 aliphatic carbocycles. The maximum absolute atomic E-state index is 12.9. The monoisotopic (exact) mass is 444 g/mol. The molecule has 3 rings (SSSR count). The van der Waals surface area contributed by atoms with Gasteiger partial charge in [-0.25, -0.2) is 0 Å². The van der Waals surface area contributed by atoms with Crippen LogP contribution in [-0.4, -0.2) is 35.2 Å². The Kier molecular flexibility index (Phi) is 9.27. The van der Waals surface area contributed by atoms with Crippen molar-refractivity contribution >= 4 is 35.7 Å². The van der Waals surface area contributed by atoms with E-state index in [4.69, 9.17) is 11.1 Å². The largest absolute Gasteiger partial charge is 0.384 e. The van der Waals surface area contributed by atoms with Gasteiger partial charge in [0.25, 0.3) is 0 Å². The SMILES string of the molecule is Cl.N=C(N)c1cccc(NC(C(=O)NCC(=O)NC2CCCCC2)c2ccccn2)c1. The number of anilines is 1. The van der Waals surface area contributed by atoms with Crippen LogP contribution in [0.2, 0.25) is 0 Å². The van der Waals surface area contributed by atoms with Crippen molar-refractivity contribution in [2.75, 3.05) is 11.9 Å². The predicted molar refractivity (Wildman–Crippen MR) is 123 cm³/mol. The molecular formula is C22H29ClN6O2. The molecule has 1 unspecified atom stereocenters. The second kappa shape index (κ2) is 11.9. The summed E-state index contributed by atoms with van der Waals surface area (Å²) in [6, 6.07) is 11.7. The van der Waals surface area contributed by atoms with E-state index in [-0.39, 0.29) is 42.6 Å². The van der Waals surface area contributed by atoms with Crippen molar-refractivity contribution in [3.8, 4) is 0 Å². The van der Waals surface area contributed by atoms with Gasteiger partial charge in [-0.05, 0) is 37.1 Å².